The Kier molecular flexibility index (Phi) is 5.97. The fraction of sp³-hybridized carbons (Fsp3) is 0.227. The number of carbonyl (C=O) groups excluding carboxylic acids is 1. The van der Waals surface area contributed by atoms with Crippen LogP contribution in [0.25, 0.3) is 0 Å². The van der Waals surface area contributed by atoms with E-state index in [4.69, 9.17) is 4.74 Å². The Morgan fingerprint density at radius 2 is 1.83 bits per heavy atom. The van der Waals surface area contributed by atoms with Crippen LogP contribution in [0, 0.1) is 0 Å². The largest absolute Gasteiger partial charge is 0.378 e. The summed E-state index contributed by atoms with van der Waals surface area (Å²) in [6.45, 7) is 3.58. The molecule has 7 heteroatoms. The molecular weight excluding hydrogens is 366 g/mol. The van der Waals surface area contributed by atoms with E-state index in [2.05, 4.69) is 25.5 Å². The van der Waals surface area contributed by atoms with E-state index in [9.17, 15) is 4.79 Å². The van der Waals surface area contributed by atoms with Gasteiger partial charge in [0.1, 0.15) is 5.82 Å². The number of amides is 1. The number of para-hydroxylation sites is 2. The van der Waals surface area contributed by atoms with Crippen LogP contribution in [0.15, 0.2) is 67.0 Å². The minimum Gasteiger partial charge on any atom is -0.378 e. The monoisotopic (exact) mass is 389 g/mol. The number of ether oxygens (including phenoxy) is 1. The molecule has 2 aromatic heterocycles. The van der Waals surface area contributed by atoms with Crippen molar-refractivity contribution in [2.75, 3.05) is 41.8 Å². The lowest BCUT2D eigenvalue weighted by atomic mass is 10.2. The number of benzene rings is 1. The highest BCUT2D eigenvalue weighted by Gasteiger charge is 2.16. The average molecular weight is 389 g/mol. The fourth-order valence-electron chi connectivity index (χ4n) is 3.17. The van der Waals surface area contributed by atoms with Crippen LogP contribution in [0.3, 0.4) is 0 Å². The highest BCUT2D eigenvalue weighted by atomic mass is 16.5. The third kappa shape index (κ3) is 4.89. The molecule has 3 heterocycles. The molecule has 0 spiro atoms. The van der Waals surface area contributed by atoms with E-state index >= 15 is 0 Å². The van der Waals surface area contributed by atoms with E-state index in [0.29, 0.717) is 31.1 Å². The van der Waals surface area contributed by atoms with Gasteiger partial charge in [0.25, 0.3) is 5.91 Å². The van der Waals surface area contributed by atoms with E-state index in [1.165, 1.54) is 0 Å². The number of hydrogen-bond acceptors (Lipinski definition) is 6. The molecule has 1 aromatic carbocycles. The van der Waals surface area contributed by atoms with Crippen LogP contribution in [0.5, 0.6) is 0 Å². The van der Waals surface area contributed by atoms with Crippen molar-refractivity contribution in [2.24, 2.45) is 0 Å². The number of carbonyl (C=O) groups is 1. The molecule has 0 aliphatic carbocycles. The van der Waals surface area contributed by atoms with Crippen LogP contribution in [0.1, 0.15) is 16.1 Å². The average Bonchev–Trinajstić information content (AvgIpc) is 2.80. The summed E-state index contributed by atoms with van der Waals surface area (Å²) < 4.78 is 5.42. The van der Waals surface area contributed by atoms with Crippen LogP contribution in [-0.2, 0) is 11.3 Å². The van der Waals surface area contributed by atoms with Gasteiger partial charge in [-0.25, -0.2) is 4.98 Å². The Bertz CT molecular complexity index is 941. The number of nitrogens with zero attached hydrogens (tertiary/aromatic N) is 3. The predicted molar refractivity (Wildman–Crippen MR) is 113 cm³/mol. The molecule has 0 saturated carbocycles. The van der Waals surface area contributed by atoms with Crippen LogP contribution < -0.4 is 15.5 Å². The second-order valence-electron chi connectivity index (χ2n) is 6.68. The first kappa shape index (κ1) is 18.9. The number of nitrogens with one attached hydrogen (secondary N) is 2. The van der Waals surface area contributed by atoms with Gasteiger partial charge in [0.05, 0.1) is 42.4 Å². The Labute approximate surface area is 169 Å². The highest BCUT2D eigenvalue weighted by Crippen LogP contribution is 2.26. The Balaban J connectivity index is 1.40. The van der Waals surface area contributed by atoms with Crippen molar-refractivity contribution in [3.05, 3.63) is 78.2 Å². The number of rotatable bonds is 6. The number of pyridine rings is 2. The molecule has 3 aromatic rings. The Hall–Kier alpha value is -3.45. The zero-order valence-corrected chi connectivity index (χ0v) is 16.0. The molecule has 0 atom stereocenters. The van der Waals surface area contributed by atoms with Gasteiger partial charge in [-0.2, -0.15) is 0 Å². The second kappa shape index (κ2) is 9.16. The first-order chi connectivity index (χ1) is 14.3. The number of aromatic nitrogens is 2. The maximum Gasteiger partial charge on any atom is 0.257 e. The van der Waals surface area contributed by atoms with Crippen LogP contribution >= 0.6 is 0 Å². The molecule has 1 aliphatic rings. The Morgan fingerprint density at radius 1 is 1.00 bits per heavy atom. The van der Waals surface area contributed by atoms with Crippen molar-refractivity contribution < 1.29 is 9.53 Å². The van der Waals surface area contributed by atoms with Crippen molar-refractivity contribution in [3.8, 4) is 0 Å². The van der Waals surface area contributed by atoms with Crippen molar-refractivity contribution in [1.29, 1.82) is 0 Å². The molecule has 1 aliphatic heterocycles. The summed E-state index contributed by atoms with van der Waals surface area (Å²) in [6, 6.07) is 17.2. The van der Waals surface area contributed by atoms with Crippen molar-refractivity contribution in [1.82, 2.24) is 9.97 Å². The van der Waals surface area contributed by atoms with E-state index in [-0.39, 0.29) is 5.91 Å². The molecule has 7 nitrogen and oxygen atoms in total. The minimum absolute atomic E-state index is 0.186. The first-order valence-corrected chi connectivity index (χ1v) is 9.62. The predicted octanol–water partition coefficient (Wildman–Crippen LogP) is 3.18. The molecular formula is C22H23N5O2. The zero-order valence-electron chi connectivity index (χ0n) is 16.0. The summed E-state index contributed by atoms with van der Waals surface area (Å²) in [5, 5.41) is 6.21. The lowest BCUT2D eigenvalue weighted by Crippen LogP contribution is -2.36. The zero-order chi connectivity index (χ0) is 19.9. The molecule has 1 fully saturated rings. The van der Waals surface area contributed by atoms with Crippen molar-refractivity contribution in [3.63, 3.8) is 0 Å². The summed E-state index contributed by atoms with van der Waals surface area (Å²) in [6.07, 6.45) is 3.33. The van der Waals surface area contributed by atoms with E-state index in [1.54, 1.807) is 24.5 Å². The maximum atomic E-state index is 12.7. The topological polar surface area (TPSA) is 79.4 Å². The second-order valence-corrected chi connectivity index (χ2v) is 6.68. The molecule has 0 radical (unpaired) electrons. The first-order valence-electron chi connectivity index (χ1n) is 9.62. The van der Waals surface area contributed by atoms with Crippen LogP contribution in [0.2, 0.25) is 0 Å². The number of morpholine rings is 1. The number of hydrogen-bond donors (Lipinski definition) is 2. The summed E-state index contributed by atoms with van der Waals surface area (Å²) in [5.74, 6) is 0.510. The molecule has 0 bridgehead atoms. The quantitative estimate of drug-likeness (QED) is 0.674. The molecule has 4 rings (SSSR count). The van der Waals surface area contributed by atoms with Gasteiger partial charge in [-0.3, -0.25) is 9.78 Å². The lowest BCUT2D eigenvalue weighted by Gasteiger charge is -2.30. The van der Waals surface area contributed by atoms with Gasteiger partial charge in [-0.05, 0) is 36.4 Å². The van der Waals surface area contributed by atoms with Gasteiger partial charge in [-0.15, -0.1) is 0 Å². The van der Waals surface area contributed by atoms with E-state index in [1.807, 2.05) is 42.5 Å². The molecule has 0 unspecified atom stereocenters. The third-order valence-corrected chi connectivity index (χ3v) is 4.71. The molecule has 29 heavy (non-hydrogen) atoms. The molecule has 2 N–H and O–H groups in total. The maximum absolute atomic E-state index is 12.7. The van der Waals surface area contributed by atoms with Gasteiger partial charge in [0.15, 0.2) is 0 Å². The summed E-state index contributed by atoms with van der Waals surface area (Å²) in [7, 11) is 0. The SMILES string of the molecule is O=C(Nc1ccccc1N1CCOCC1)c1ccc(NCc2ccccn2)nc1. The van der Waals surface area contributed by atoms with Crippen LogP contribution in [-0.4, -0.2) is 42.2 Å². The molecule has 1 saturated heterocycles. The van der Waals surface area contributed by atoms with Gasteiger partial charge < -0.3 is 20.3 Å². The van der Waals surface area contributed by atoms with Gasteiger partial charge >= 0.3 is 0 Å². The lowest BCUT2D eigenvalue weighted by molar-refractivity contribution is 0.102. The van der Waals surface area contributed by atoms with Gasteiger partial charge in [0, 0.05) is 25.5 Å². The third-order valence-electron chi connectivity index (χ3n) is 4.71. The summed E-state index contributed by atoms with van der Waals surface area (Å²) >= 11 is 0. The van der Waals surface area contributed by atoms with Crippen molar-refractivity contribution in [2.45, 2.75) is 6.54 Å². The standard InChI is InChI=1S/C22H23N5O2/c28-22(26-19-6-1-2-7-20(19)27-11-13-29-14-12-27)17-8-9-21(24-15-17)25-16-18-5-3-4-10-23-18/h1-10,15H,11-14,16H2,(H,24,25)(H,26,28). The molecule has 148 valence electrons. The fourth-order valence-corrected chi connectivity index (χ4v) is 3.17. The van der Waals surface area contributed by atoms with E-state index < -0.39 is 0 Å². The smallest absolute Gasteiger partial charge is 0.257 e. The summed E-state index contributed by atoms with van der Waals surface area (Å²) in [4.78, 5) is 23.5. The highest BCUT2D eigenvalue weighted by molar-refractivity contribution is 6.05. The summed E-state index contributed by atoms with van der Waals surface area (Å²) in [5.41, 5.74) is 3.23. The Morgan fingerprint density at radius 3 is 2.59 bits per heavy atom. The number of anilines is 3. The van der Waals surface area contributed by atoms with Crippen molar-refractivity contribution >= 4 is 23.1 Å². The van der Waals surface area contributed by atoms with Gasteiger partial charge in [-0.1, -0.05) is 18.2 Å². The van der Waals surface area contributed by atoms with Gasteiger partial charge in [0.2, 0.25) is 0 Å². The molecule has 1 amide bonds. The minimum atomic E-state index is -0.186. The van der Waals surface area contributed by atoms with Crippen LogP contribution in [0.4, 0.5) is 17.2 Å². The van der Waals surface area contributed by atoms with E-state index in [0.717, 1.165) is 30.2 Å². The normalized spacial score (nSPS) is 13.7.